The van der Waals surface area contributed by atoms with Gasteiger partial charge in [-0.2, -0.15) is 0 Å². The molecule has 0 bridgehead atoms. The van der Waals surface area contributed by atoms with Crippen LogP contribution < -0.4 is 29.0 Å². The standard InChI is InChI=1S/C33H41N3O5.C19H22N2O4/c1-32(2,3)23-33(4,5)35-30(37)25-9-11-28(12-10-25)41-31(38)36-20-17-24(18-21-36)22-39-26-13-15-27(16-14-26)40-29-8-6-7-19-34-29;1-14-2-7-18(20-12-14)25-17-5-3-16(4-6-17)24-13-15-8-10-21(11-9-15)19(22)23/h6-16,19,24H,17-18,20-23H2,1-5H3,(H,35,37);2-7,12,15H,8-11,13H2,1H3,(H,22,23). The maximum atomic E-state index is 12.7. The number of aromatic nitrogens is 2. The zero-order chi connectivity index (χ0) is 47.1. The van der Waals surface area contributed by atoms with E-state index in [2.05, 4.69) is 36.1 Å². The van der Waals surface area contributed by atoms with E-state index in [0.717, 1.165) is 49.2 Å². The molecule has 4 heterocycles. The van der Waals surface area contributed by atoms with Gasteiger partial charge in [0.25, 0.3) is 5.91 Å². The number of hydrogen-bond acceptors (Lipinski definition) is 10. The second-order valence-corrected chi connectivity index (χ2v) is 18.7. The largest absolute Gasteiger partial charge is 0.493 e. The van der Waals surface area contributed by atoms with Crippen molar-refractivity contribution in [1.82, 2.24) is 25.1 Å². The lowest BCUT2D eigenvalue weighted by Crippen LogP contribution is -2.45. The zero-order valence-electron chi connectivity index (χ0n) is 38.9. The summed E-state index contributed by atoms with van der Waals surface area (Å²) in [7, 11) is 0. The van der Waals surface area contributed by atoms with E-state index in [4.69, 9.17) is 28.8 Å². The lowest BCUT2D eigenvalue weighted by atomic mass is 9.81. The van der Waals surface area contributed by atoms with Crippen LogP contribution in [0.3, 0.4) is 0 Å². The first-order valence-electron chi connectivity index (χ1n) is 22.6. The van der Waals surface area contributed by atoms with Crippen LogP contribution >= 0.6 is 0 Å². The number of carbonyl (C=O) groups is 3. The molecule has 0 unspecified atom stereocenters. The average molecular weight is 902 g/mol. The van der Waals surface area contributed by atoms with Crippen molar-refractivity contribution in [2.75, 3.05) is 39.4 Å². The third kappa shape index (κ3) is 16.0. The van der Waals surface area contributed by atoms with Gasteiger partial charge < -0.3 is 43.9 Å². The van der Waals surface area contributed by atoms with E-state index in [0.29, 0.717) is 85.8 Å². The summed E-state index contributed by atoms with van der Waals surface area (Å²) in [6.07, 6.45) is 6.43. The van der Waals surface area contributed by atoms with Crippen LogP contribution in [0.5, 0.6) is 40.5 Å². The Morgan fingerprint density at radius 3 is 1.61 bits per heavy atom. The lowest BCUT2D eigenvalue weighted by molar-refractivity contribution is 0.0891. The molecular formula is C52H63N5O9. The molecule has 3 aromatic carbocycles. The minimum Gasteiger partial charge on any atom is -0.493 e. The van der Waals surface area contributed by atoms with Gasteiger partial charge >= 0.3 is 12.2 Å². The number of piperidine rings is 2. The molecule has 0 aliphatic carbocycles. The normalized spacial score (nSPS) is 14.6. The van der Waals surface area contributed by atoms with Gasteiger partial charge in [0, 0.05) is 61.8 Å². The smallest absolute Gasteiger partial charge is 0.415 e. The molecule has 2 aliphatic heterocycles. The van der Waals surface area contributed by atoms with Gasteiger partial charge in [-0.25, -0.2) is 19.6 Å². The van der Waals surface area contributed by atoms with Gasteiger partial charge in [-0.15, -0.1) is 0 Å². The molecule has 14 nitrogen and oxygen atoms in total. The highest BCUT2D eigenvalue weighted by atomic mass is 16.6. The Morgan fingerprint density at radius 2 is 1.14 bits per heavy atom. The Labute approximate surface area is 388 Å². The molecule has 7 rings (SSSR count). The molecule has 2 aliphatic rings. The van der Waals surface area contributed by atoms with Crippen LogP contribution in [0.25, 0.3) is 0 Å². The molecule has 2 aromatic heterocycles. The summed E-state index contributed by atoms with van der Waals surface area (Å²) in [5.41, 5.74) is 1.38. The number of carboxylic acid groups (broad SMARTS) is 1. The number of pyridine rings is 2. The van der Waals surface area contributed by atoms with Crippen LogP contribution in [0.4, 0.5) is 9.59 Å². The van der Waals surface area contributed by atoms with Crippen molar-refractivity contribution in [2.24, 2.45) is 17.3 Å². The van der Waals surface area contributed by atoms with Crippen LogP contribution in [0.2, 0.25) is 0 Å². The highest BCUT2D eigenvalue weighted by Gasteiger charge is 2.28. The van der Waals surface area contributed by atoms with Gasteiger partial charge in [0.05, 0.1) is 13.2 Å². The number of hydrogen-bond donors (Lipinski definition) is 2. The molecule has 0 radical (unpaired) electrons. The van der Waals surface area contributed by atoms with Gasteiger partial charge in [0.1, 0.15) is 28.7 Å². The van der Waals surface area contributed by atoms with E-state index in [1.807, 2.05) is 93.6 Å². The maximum absolute atomic E-state index is 12.7. The number of aryl methyl sites for hydroxylation is 1. The van der Waals surface area contributed by atoms with Crippen LogP contribution in [-0.4, -0.2) is 87.9 Å². The van der Waals surface area contributed by atoms with Gasteiger partial charge in [0.2, 0.25) is 11.8 Å². The van der Waals surface area contributed by atoms with Crippen molar-refractivity contribution >= 4 is 18.1 Å². The zero-order valence-corrected chi connectivity index (χ0v) is 38.9. The van der Waals surface area contributed by atoms with Crippen LogP contribution in [-0.2, 0) is 0 Å². The third-order valence-corrected chi connectivity index (χ3v) is 11.1. The number of rotatable bonds is 14. The van der Waals surface area contributed by atoms with Gasteiger partial charge in [-0.1, -0.05) is 32.9 Å². The molecular weight excluding hydrogens is 839 g/mol. The fourth-order valence-corrected chi connectivity index (χ4v) is 7.96. The summed E-state index contributed by atoms with van der Waals surface area (Å²) in [5.74, 6) is 5.08. The molecule has 0 saturated carbocycles. The summed E-state index contributed by atoms with van der Waals surface area (Å²) in [5, 5.41) is 12.1. The van der Waals surface area contributed by atoms with E-state index >= 15 is 0 Å². The van der Waals surface area contributed by atoms with E-state index in [-0.39, 0.29) is 23.0 Å². The Kier molecular flexibility index (Phi) is 16.9. The molecule has 3 amide bonds. The summed E-state index contributed by atoms with van der Waals surface area (Å²) in [6.45, 7) is 16.1. The Hall–Kier alpha value is -6.83. The lowest BCUT2D eigenvalue weighted by Gasteiger charge is -2.33. The number of likely N-dealkylation sites (tertiary alicyclic amines) is 2. The van der Waals surface area contributed by atoms with Crippen molar-refractivity contribution in [3.63, 3.8) is 0 Å². The number of nitrogens with zero attached hydrogens (tertiary/aromatic N) is 4. The molecule has 2 saturated heterocycles. The van der Waals surface area contributed by atoms with Crippen molar-refractivity contribution in [3.8, 4) is 40.5 Å². The number of nitrogens with one attached hydrogen (secondary N) is 1. The van der Waals surface area contributed by atoms with Crippen molar-refractivity contribution < 1.29 is 43.2 Å². The SMILES string of the molecule is CC(C)(C)CC(C)(C)NC(=O)c1ccc(OC(=O)N2CCC(COc3ccc(Oc4ccccn4)cc3)CC2)cc1.Cc1ccc(Oc2ccc(OCC3CCN(C(=O)O)CC3)cc2)nc1. The predicted octanol–water partition coefficient (Wildman–Crippen LogP) is 11.1. The fourth-order valence-electron chi connectivity index (χ4n) is 7.96. The Morgan fingerprint density at radius 1 is 0.636 bits per heavy atom. The summed E-state index contributed by atoms with van der Waals surface area (Å²) >= 11 is 0. The minimum atomic E-state index is -0.835. The van der Waals surface area contributed by atoms with Crippen molar-refractivity contribution in [2.45, 2.75) is 79.2 Å². The van der Waals surface area contributed by atoms with Gasteiger partial charge in [0.15, 0.2) is 0 Å². The summed E-state index contributed by atoms with van der Waals surface area (Å²) in [4.78, 5) is 47.9. The number of benzene rings is 3. The first kappa shape index (κ1) is 48.6. The highest BCUT2D eigenvalue weighted by Crippen LogP contribution is 2.29. The van der Waals surface area contributed by atoms with Crippen molar-refractivity contribution in [1.29, 1.82) is 0 Å². The molecule has 14 heteroatoms. The summed E-state index contributed by atoms with van der Waals surface area (Å²) < 4.78 is 28.8. The molecule has 2 fully saturated rings. The topological polar surface area (TPSA) is 162 Å². The molecule has 350 valence electrons. The van der Waals surface area contributed by atoms with Crippen LogP contribution in [0, 0.1) is 24.2 Å². The second kappa shape index (κ2) is 22.9. The monoisotopic (exact) mass is 901 g/mol. The van der Waals surface area contributed by atoms with Crippen LogP contribution in [0.15, 0.2) is 116 Å². The van der Waals surface area contributed by atoms with Gasteiger partial charge in [-0.05, 0) is 155 Å². The van der Waals surface area contributed by atoms with E-state index in [1.165, 1.54) is 4.90 Å². The molecule has 0 atom stereocenters. The average Bonchev–Trinajstić information content (AvgIpc) is 3.29. The predicted molar refractivity (Wildman–Crippen MR) is 252 cm³/mol. The quantitative estimate of drug-likeness (QED) is 0.109. The number of ether oxygens (including phenoxy) is 5. The Bertz CT molecular complexity index is 2290. The van der Waals surface area contributed by atoms with Crippen LogP contribution in [0.1, 0.15) is 82.6 Å². The first-order chi connectivity index (χ1) is 31.6. The highest BCUT2D eigenvalue weighted by molar-refractivity contribution is 5.94. The van der Waals surface area contributed by atoms with E-state index in [9.17, 15) is 14.4 Å². The molecule has 0 spiro atoms. The molecule has 66 heavy (non-hydrogen) atoms. The molecule has 5 aromatic rings. The minimum absolute atomic E-state index is 0.0968. The molecule has 2 N–H and O–H groups in total. The van der Waals surface area contributed by atoms with Gasteiger partial charge in [-0.3, -0.25) is 4.79 Å². The van der Waals surface area contributed by atoms with E-state index in [1.54, 1.807) is 47.6 Å². The maximum Gasteiger partial charge on any atom is 0.415 e. The Balaban J connectivity index is 0.000000245. The van der Waals surface area contributed by atoms with Crippen molar-refractivity contribution in [3.05, 3.63) is 127 Å². The second-order valence-electron chi connectivity index (χ2n) is 18.7. The first-order valence-corrected chi connectivity index (χ1v) is 22.6. The summed E-state index contributed by atoms with van der Waals surface area (Å²) in [6, 6.07) is 30.9. The number of amides is 3. The fraction of sp³-hybridized carbons (Fsp3) is 0.404. The van der Waals surface area contributed by atoms with E-state index < -0.39 is 6.09 Å². The number of carbonyl (C=O) groups excluding carboxylic acids is 2. The third-order valence-electron chi connectivity index (χ3n) is 11.1.